The van der Waals surface area contributed by atoms with Gasteiger partial charge in [0.2, 0.25) is 11.7 Å². The fraction of sp³-hybridized carbons (Fsp3) is 0.778. The first-order valence-electron chi connectivity index (χ1n) is 9.35. The Labute approximate surface area is 154 Å². The molecule has 0 aromatic rings. The molecule has 0 saturated carbocycles. The highest BCUT2D eigenvalue weighted by molar-refractivity contribution is 6.40. The van der Waals surface area contributed by atoms with Crippen LogP contribution in [0.5, 0.6) is 0 Å². The van der Waals surface area contributed by atoms with Gasteiger partial charge in [0, 0.05) is 18.5 Å². The van der Waals surface area contributed by atoms with Gasteiger partial charge in [0.25, 0.3) is 5.91 Å². The second-order valence-electron chi connectivity index (χ2n) is 8.08. The van der Waals surface area contributed by atoms with Gasteiger partial charge >= 0.3 is 0 Å². The van der Waals surface area contributed by atoms with Crippen LogP contribution in [0, 0.1) is 11.8 Å². The Morgan fingerprint density at radius 3 is 2.58 bits per heavy atom. The molecule has 0 aromatic heterocycles. The van der Waals surface area contributed by atoms with Crippen LogP contribution >= 0.6 is 0 Å². The summed E-state index contributed by atoms with van der Waals surface area (Å²) in [6.45, 7) is 8.43. The highest BCUT2D eigenvalue weighted by Gasteiger charge is 2.49. The van der Waals surface area contributed by atoms with E-state index in [0.717, 1.165) is 6.42 Å². The van der Waals surface area contributed by atoms with Crippen molar-refractivity contribution in [2.24, 2.45) is 22.6 Å². The highest BCUT2D eigenvalue weighted by Crippen LogP contribution is 2.28. The average molecular weight is 365 g/mol. The molecule has 0 aliphatic carbocycles. The number of hydrogen-bond donors (Lipinski definition) is 4. The molecule has 3 unspecified atom stereocenters. The lowest BCUT2D eigenvalue weighted by atomic mass is 9.82. The lowest BCUT2D eigenvalue weighted by Gasteiger charge is -2.30. The minimum absolute atomic E-state index is 0.0804. The summed E-state index contributed by atoms with van der Waals surface area (Å²) in [4.78, 5) is 41.8. The average Bonchev–Trinajstić information content (AvgIpc) is 3.13. The summed E-state index contributed by atoms with van der Waals surface area (Å²) in [5, 5.41) is 8.57. The number of amides is 2. The number of nitrogens with two attached hydrogens (primary N) is 1. The van der Waals surface area contributed by atoms with E-state index in [1.54, 1.807) is 13.8 Å². The monoisotopic (exact) mass is 365 g/mol. The highest BCUT2D eigenvalue weighted by atomic mass is 16.2. The summed E-state index contributed by atoms with van der Waals surface area (Å²) in [6.07, 6.45) is 1.61. The Morgan fingerprint density at radius 2 is 2.04 bits per heavy atom. The SMILES string of the molecule is CC(C)CC(N)C1=NCC(CC2CCNC2=O)(C(=O)C(=O)NC(C)C)N1. The zero-order valence-corrected chi connectivity index (χ0v) is 16.1. The van der Waals surface area contributed by atoms with Crippen LogP contribution in [0.4, 0.5) is 0 Å². The van der Waals surface area contributed by atoms with Crippen LogP contribution in [0.2, 0.25) is 0 Å². The molecule has 2 rings (SSSR count). The van der Waals surface area contributed by atoms with E-state index in [9.17, 15) is 14.4 Å². The maximum Gasteiger partial charge on any atom is 0.290 e. The lowest BCUT2D eigenvalue weighted by molar-refractivity contribution is -0.142. The molecule has 2 heterocycles. The van der Waals surface area contributed by atoms with Crippen LogP contribution in [0.1, 0.15) is 47.0 Å². The van der Waals surface area contributed by atoms with Gasteiger partial charge in [0.15, 0.2) is 0 Å². The number of ketones is 1. The molecule has 0 aromatic carbocycles. The molecule has 2 amide bonds. The maximum atomic E-state index is 13.0. The molecule has 0 spiro atoms. The second-order valence-corrected chi connectivity index (χ2v) is 8.08. The molecule has 1 saturated heterocycles. The predicted octanol–water partition coefficient (Wildman–Crippen LogP) is -0.280. The van der Waals surface area contributed by atoms with Crippen molar-refractivity contribution in [2.75, 3.05) is 13.1 Å². The molecule has 1 fully saturated rings. The Bertz CT molecular complexity index is 602. The molecule has 8 heteroatoms. The zero-order valence-electron chi connectivity index (χ0n) is 16.1. The summed E-state index contributed by atoms with van der Waals surface area (Å²) in [7, 11) is 0. The van der Waals surface area contributed by atoms with Crippen LogP contribution in [-0.4, -0.2) is 54.1 Å². The first kappa shape index (κ1) is 20.4. The van der Waals surface area contributed by atoms with Crippen molar-refractivity contribution in [1.29, 1.82) is 0 Å². The third kappa shape index (κ3) is 4.60. The Balaban J connectivity index is 2.19. The summed E-state index contributed by atoms with van der Waals surface area (Å²) in [6, 6.07) is -0.474. The summed E-state index contributed by atoms with van der Waals surface area (Å²) in [5.41, 5.74) is 5.01. The topological polar surface area (TPSA) is 126 Å². The molecular weight excluding hydrogens is 334 g/mol. The zero-order chi connectivity index (χ0) is 19.5. The first-order chi connectivity index (χ1) is 12.1. The van der Waals surface area contributed by atoms with Crippen LogP contribution < -0.4 is 21.7 Å². The van der Waals surface area contributed by atoms with E-state index in [1.807, 2.05) is 0 Å². The van der Waals surface area contributed by atoms with E-state index in [-0.39, 0.29) is 36.9 Å². The summed E-state index contributed by atoms with van der Waals surface area (Å²) < 4.78 is 0. The van der Waals surface area contributed by atoms with Crippen molar-refractivity contribution in [1.82, 2.24) is 16.0 Å². The van der Waals surface area contributed by atoms with Gasteiger partial charge in [-0.25, -0.2) is 0 Å². The van der Waals surface area contributed by atoms with E-state index in [4.69, 9.17) is 5.73 Å². The second kappa shape index (κ2) is 8.16. The third-order valence-corrected chi connectivity index (χ3v) is 4.78. The molecule has 3 atom stereocenters. The molecule has 5 N–H and O–H groups in total. The van der Waals surface area contributed by atoms with Crippen LogP contribution in [0.3, 0.4) is 0 Å². The van der Waals surface area contributed by atoms with Crippen molar-refractivity contribution < 1.29 is 14.4 Å². The molecule has 26 heavy (non-hydrogen) atoms. The van der Waals surface area contributed by atoms with Crippen LogP contribution in [-0.2, 0) is 14.4 Å². The van der Waals surface area contributed by atoms with Crippen molar-refractivity contribution in [3.63, 3.8) is 0 Å². The standard InChI is InChI=1S/C18H31N5O3/c1-10(2)7-13(19)15-21-9-18(23-15,8-12-5-6-20-16(12)25)14(24)17(26)22-11(3)4/h10-13H,5-9,19H2,1-4H3,(H,20,25)(H,21,23)(H,22,26). The largest absolute Gasteiger partial charge is 0.358 e. The third-order valence-electron chi connectivity index (χ3n) is 4.78. The van der Waals surface area contributed by atoms with Gasteiger partial charge in [0.05, 0.1) is 12.6 Å². The van der Waals surface area contributed by atoms with Gasteiger partial charge in [-0.15, -0.1) is 0 Å². The van der Waals surface area contributed by atoms with E-state index < -0.39 is 17.2 Å². The van der Waals surface area contributed by atoms with E-state index >= 15 is 0 Å². The van der Waals surface area contributed by atoms with Gasteiger partial charge < -0.3 is 21.7 Å². The Hall–Kier alpha value is -1.96. The number of carbonyl (C=O) groups excluding carboxylic acids is 3. The van der Waals surface area contributed by atoms with Crippen LogP contribution in [0.25, 0.3) is 0 Å². The molecule has 2 aliphatic rings. The number of nitrogens with zero attached hydrogens (tertiary/aromatic N) is 1. The fourth-order valence-corrected chi connectivity index (χ4v) is 3.52. The van der Waals surface area contributed by atoms with Crippen molar-refractivity contribution >= 4 is 23.4 Å². The van der Waals surface area contributed by atoms with Crippen molar-refractivity contribution in [2.45, 2.75) is 64.6 Å². The summed E-state index contributed by atoms with van der Waals surface area (Å²) in [5.74, 6) is -0.702. The molecule has 146 valence electrons. The van der Waals surface area contributed by atoms with Gasteiger partial charge in [-0.2, -0.15) is 0 Å². The predicted molar refractivity (Wildman–Crippen MR) is 99.6 cm³/mol. The number of Topliss-reactive ketones (excluding diaryl/α,β-unsaturated/α-hetero) is 1. The number of carbonyl (C=O) groups is 3. The van der Waals surface area contributed by atoms with Crippen molar-refractivity contribution in [3.05, 3.63) is 0 Å². The fourth-order valence-electron chi connectivity index (χ4n) is 3.52. The van der Waals surface area contributed by atoms with Gasteiger partial charge in [-0.05, 0) is 39.0 Å². The lowest BCUT2D eigenvalue weighted by Crippen LogP contribution is -2.61. The minimum atomic E-state index is -1.20. The first-order valence-corrected chi connectivity index (χ1v) is 9.35. The number of hydrogen-bond acceptors (Lipinski definition) is 6. The quantitative estimate of drug-likeness (QED) is 0.440. The summed E-state index contributed by atoms with van der Waals surface area (Å²) >= 11 is 0. The van der Waals surface area contributed by atoms with Gasteiger partial charge in [0.1, 0.15) is 11.4 Å². The van der Waals surface area contributed by atoms with Gasteiger partial charge in [-0.3, -0.25) is 19.4 Å². The molecule has 0 bridgehead atoms. The Morgan fingerprint density at radius 1 is 1.35 bits per heavy atom. The number of amidine groups is 1. The minimum Gasteiger partial charge on any atom is -0.358 e. The van der Waals surface area contributed by atoms with Crippen LogP contribution in [0.15, 0.2) is 4.99 Å². The number of rotatable bonds is 8. The number of aliphatic imine (C=N–C) groups is 1. The molecule has 8 nitrogen and oxygen atoms in total. The maximum absolute atomic E-state index is 13.0. The molecular formula is C18H31N5O3. The normalized spacial score (nSPS) is 26.5. The Kier molecular flexibility index (Phi) is 6.39. The van der Waals surface area contributed by atoms with Crippen molar-refractivity contribution in [3.8, 4) is 0 Å². The van der Waals surface area contributed by atoms with E-state index in [1.165, 1.54) is 0 Å². The molecule has 0 radical (unpaired) electrons. The smallest absolute Gasteiger partial charge is 0.290 e. The number of nitrogens with one attached hydrogen (secondary N) is 3. The molecule has 2 aliphatic heterocycles. The van der Waals surface area contributed by atoms with E-state index in [2.05, 4.69) is 34.8 Å². The van der Waals surface area contributed by atoms with E-state index in [0.29, 0.717) is 24.7 Å². The van der Waals surface area contributed by atoms with Gasteiger partial charge in [-0.1, -0.05) is 13.8 Å².